The minimum Gasteiger partial charge on any atom is -0.441 e. The molecule has 0 aliphatic carbocycles. The summed E-state index contributed by atoms with van der Waals surface area (Å²) in [6.07, 6.45) is 0.744. The van der Waals surface area contributed by atoms with Crippen LogP contribution in [0.2, 0.25) is 5.02 Å². The van der Waals surface area contributed by atoms with Gasteiger partial charge < -0.3 is 15.4 Å². The summed E-state index contributed by atoms with van der Waals surface area (Å²) in [5.74, 6) is 0.174. The number of benzene rings is 1. The SMILES string of the molecule is CC(C)(C)NC(=O)OC(c1c(Cl)cnc2ccc(Br)cc12)C1CNC1. The molecule has 0 saturated carbocycles. The summed E-state index contributed by atoms with van der Waals surface area (Å²) in [6, 6.07) is 5.82. The minimum absolute atomic E-state index is 0.174. The molecule has 2 aromatic rings. The Morgan fingerprint density at radius 1 is 1.44 bits per heavy atom. The number of aromatic nitrogens is 1. The molecular formula is C18H21BrClN3O2. The van der Waals surface area contributed by atoms with Crippen LogP contribution < -0.4 is 10.6 Å². The van der Waals surface area contributed by atoms with Gasteiger partial charge in [-0.15, -0.1) is 0 Å². The van der Waals surface area contributed by atoms with Crippen molar-refractivity contribution in [2.24, 2.45) is 5.92 Å². The number of hydrogen-bond donors (Lipinski definition) is 2. The second kappa shape index (κ2) is 7.09. The van der Waals surface area contributed by atoms with E-state index in [1.807, 2.05) is 39.0 Å². The fraction of sp³-hybridized carbons (Fsp3) is 0.444. The predicted octanol–water partition coefficient (Wildman–Crippen LogP) is 4.44. The lowest BCUT2D eigenvalue weighted by Crippen LogP contribution is -2.48. The molecule has 134 valence electrons. The van der Waals surface area contributed by atoms with Crippen molar-refractivity contribution in [3.8, 4) is 0 Å². The van der Waals surface area contributed by atoms with Crippen molar-refractivity contribution in [3.05, 3.63) is 39.5 Å². The minimum atomic E-state index is -0.444. The number of nitrogens with zero attached hydrogens (tertiary/aromatic N) is 1. The number of halogens is 2. The summed E-state index contributed by atoms with van der Waals surface area (Å²) in [6.45, 7) is 7.31. The Labute approximate surface area is 160 Å². The number of carbonyl (C=O) groups is 1. The van der Waals surface area contributed by atoms with Crippen LogP contribution in [0, 0.1) is 5.92 Å². The number of ether oxygens (including phenoxy) is 1. The molecule has 1 aliphatic heterocycles. The average molecular weight is 427 g/mol. The maximum Gasteiger partial charge on any atom is 0.408 e. The third-order valence-electron chi connectivity index (χ3n) is 4.06. The highest BCUT2D eigenvalue weighted by atomic mass is 79.9. The zero-order valence-electron chi connectivity index (χ0n) is 14.4. The Bertz CT molecular complexity index is 797. The van der Waals surface area contributed by atoms with Gasteiger partial charge in [0.15, 0.2) is 0 Å². The quantitative estimate of drug-likeness (QED) is 0.762. The fourth-order valence-electron chi connectivity index (χ4n) is 2.82. The van der Waals surface area contributed by atoms with Crippen molar-refractivity contribution in [1.82, 2.24) is 15.6 Å². The summed E-state index contributed by atoms with van der Waals surface area (Å²) >= 11 is 9.98. The van der Waals surface area contributed by atoms with Gasteiger partial charge in [-0.1, -0.05) is 27.5 Å². The van der Waals surface area contributed by atoms with E-state index in [1.54, 1.807) is 6.20 Å². The van der Waals surface area contributed by atoms with Gasteiger partial charge in [-0.05, 0) is 39.0 Å². The van der Waals surface area contributed by atoms with Crippen LogP contribution in [0.3, 0.4) is 0 Å². The van der Waals surface area contributed by atoms with Gasteiger partial charge in [0.25, 0.3) is 0 Å². The zero-order chi connectivity index (χ0) is 18.2. The van der Waals surface area contributed by atoms with E-state index in [9.17, 15) is 4.79 Å². The van der Waals surface area contributed by atoms with Crippen LogP contribution >= 0.6 is 27.5 Å². The van der Waals surface area contributed by atoms with Crippen molar-refractivity contribution < 1.29 is 9.53 Å². The van der Waals surface area contributed by atoms with E-state index < -0.39 is 12.2 Å². The maximum atomic E-state index is 12.4. The molecule has 1 fully saturated rings. The Morgan fingerprint density at radius 3 is 2.76 bits per heavy atom. The van der Waals surface area contributed by atoms with Gasteiger partial charge in [0, 0.05) is 46.2 Å². The van der Waals surface area contributed by atoms with Crippen LogP contribution in [0.25, 0.3) is 10.9 Å². The van der Waals surface area contributed by atoms with E-state index in [0.29, 0.717) is 5.02 Å². The van der Waals surface area contributed by atoms with E-state index >= 15 is 0 Å². The zero-order valence-corrected chi connectivity index (χ0v) is 16.7. The predicted molar refractivity (Wildman–Crippen MR) is 103 cm³/mol. The van der Waals surface area contributed by atoms with Gasteiger partial charge in [-0.2, -0.15) is 0 Å². The van der Waals surface area contributed by atoms with Gasteiger partial charge in [0.2, 0.25) is 0 Å². The van der Waals surface area contributed by atoms with Gasteiger partial charge in [0.1, 0.15) is 6.10 Å². The van der Waals surface area contributed by atoms with Crippen molar-refractivity contribution in [3.63, 3.8) is 0 Å². The van der Waals surface area contributed by atoms with E-state index in [1.165, 1.54) is 0 Å². The largest absolute Gasteiger partial charge is 0.441 e. The van der Waals surface area contributed by atoms with Gasteiger partial charge >= 0.3 is 6.09 Å². The second-order valence-corrected chi connectivity index (χ2v) is 8.62. The van der Waals surface area contributed by atoms with Crippen molar-refractivity contribution in [1.29, 1.82) is 0 Å². The highest BCUT2D eigenvalue weighted by molar-refractivity contribution is 9.10. The lowest BCUT2D eigenvalue weighted by molar-refractivity contribution is 0.0391. The Balaban J connectivity index is 2.02. The first-order chi connectivity index (χ1) is 11.7. The molecule has 5 nitrogen and oxygen atoms in total. The Hall–Kier alpha value is -1.37. The molecule has 7 heteroatoms. The topological polar surface area (TPSA) is 63.2 Å². The molecule has 1 amide bonds. The number of carbonyl (C=O) groups excluding carboxylic acids is 1. The highest BCUT2D eigenvalue weighted by Crippen LogP contribution is 2.38. The fourth-order valence-corrected chi connectivity index (χ4v) is 3.44. The number of amides is 1. The molecule has 0 spiro atoms. The van der Waals surface area contributed by atoms with Crippen LogP contribution in [0.4, 0.5) is 4.79 Å². The lowest BCUT2D eigenvalue weighted by atomic mass is 9.89. The average Bonchev–Trinajstić information content (AvgIpc) is 2.42. The summed E-state index contributed by atoms with van der Waals surface area (Å²) in [5.41, 5.74) is 1.26. The molecule has 25 heavy (non-hydrogen) atoms. The van der Waals surface area contributed by atoms with Crippen LogP contribution in [-0.4, -0.2) is 29.7 Å². The molecule has 1 saturated heterocycles. The summed E-state index contributed by atoms with van der Waals surface area (Å²) in [7, 11) is 0. The molecule has 2 heterocycles. The molecule has 2 N–H and O–H groups in total. The molecule has 1 aromatic carbocycles. The molecule has 3 rings (SSSR count). The highest BCUT2D eigenvalue weighted by Gasteiger charge is 2.35. The smallest absolute Gasteiger partial charge is 0.408 e. The van der Waals surface area contributed by atoms with E-state index in [2.05, 4.69) is 31.5 Å². The number of nitrogens with one attached hydrogen (secondary N) is 2. The van der Waals surface area contributed by atoms with E-state index in [4.69, 9.17) is 16.3 Å². The first-order valence-electron chi connectivity index (χ1n) is 8.18. The monoisotopic (exact) mass is 425 g/mol. The number of rotatable bonds is 3. The normalized spacial score (nSPS) is 16.4. The van der Waals surface area contributed by atoms with Crippen molar-refractivity contribution >= 4 is 44.5 Å². The first-order valence-corrected chi connectivity index (χ1v) is 9.35. The van der Waals surface area contributed by atoms with Gasteiger partial charge in [-0.25, -0.2) is 4.79 Å². The third kappa shape index (κ3) is 4.25. The third-order valence-corrected chi connectivity index (χ3v) is 4.85. The molecule has 0 bridgehead atoms. The summed E-state index contributed by atoms with van der Waals surface area (Å²) < 4.78 is 6.75. The van der Waals surface area contributed by atoms with E-state index in [-0.39, 0.29) is 11.5 Å². The number of hydrogen-bond acceptors (Lipinski definition) is 4. The lowest BCUT2D eigenvalue weighted by Gasteiger charge is -2.35. The molecule has 0 radical (unpaired) electrons. The van der Waals surface area contributed by atoms with Crippen LogP contribution in [0.5, 0.6) is 0 Å². The standard InChI is InChI=1S/C18H21BrClN3O2/c1-18(2,3)23-17(24)25-16(10-7-21-8-10)15-12-6-11(19)4-5-14(12)22-9-13(15)20/h4-6,9-10,16,21H,7-8H2,1-3H3,(H,23,24). The van der Waals surface area contributed by atoms with Crippen LogP contribution in [0.1, 0.15) is 32.4 Å². The summed E-state index contributed by atoms with van der Waals surface area (Å²) in [5, 5.41) is 7.48. The maximum absolute atomic E-state index is 12.4. The molecule has 1 aromatic heterocycles. The van der Waals surface area contributed by atoms with Gasteiger partial charge in [-0.3, -0.25) is 4.98 Å². The molecule has 1 atom stereocenters. The van der Waals surface area contributed by atoms with Crippen LogP contribution in [0.15, 0.2) is 28.9 Å². The molecular weight excluding hydrogens is 406 g/mol. The van der Waals surface area contributed by atoms with Crippen LogP contribution in [-0.2, 0) is 4.74 Å². The molecule has 1 aliphatic rings. The van der Waals surface area contributed by atoms with Gasteiger partial charge in [0.05, 0.1) is 10.5 Å². The number of fused-ring (bicyclic) bond motifs is 1. The van der Waals surface area contributed by atoms with Crippen molar-refractivity contribution in [2.75, 3.05) is 13.1 Å². The Kier molecular flexibility index (Phi) is 5.23. The second-order valence-electron chi connectivity index (χ2n) is 7.30. The number of pyridine rings is 1. The first kappa shape index (κ1) is 18.4. The van der Waals surface area contributed by atoms with E-state index in [0.717, 1.165) is 34.0 Å². The number of alkyl carbamates (subject to hydrolysis) is 1. The summed E-state index contributed by atoms with van der Waals surface area (Å²) in [4.78, 5) is 16.8. The van der Waals surface area contributed by atoms with Crippen molar-refractivity contribution in [2.45, 2.75) is 32.4 Å². The molecule has 1 unspecified atom stereocenters. The Morgan fingerprint density at radius 2 is 2.16 bits per heavy atom.